The predicted octanol–water partition coefficient (Wildman–Crippen LogP) is 0.687. The van der Waals surface area contributed by atoms with Crippen molar-refractivity contribution >= 4 is 11.9 Å². The van der Waals surface area contributed by atoms with Gasteiger partial charge in [0.1, 0.15) is 5.82 Å². The van der Waals surface area contributed by atoms with Gasteiger partial charge in [-0.1, -0.05) is 18.9 Å². The molecule has 0 spiro atoms. The van der Waals surface area contributed by atoms with Crippen LogP contribution < -0.4 is 5.32 Å². The highest BCUT2D eigenvalue weighted by Gasteiger charge is 2.15. The fraction of sp³-hybridized carbons (Fsp3) is 0.667. The molecular weight excluding hydrogens is 272 g/mol. The number of aromatic nitrogens is 7. The molecule has 0 aromatic carbocycles. The third kappa shape index (κ3) is 3.61. The number of aryl methyl sites for hydroxylation is 1. The standard InChI is InChI=1S/C12H20N8O/c1-7(2)11-13-9(19(5)16-11)6-10(21)14-12-15-18-20(17-12)8(3)4/h7-8H,6H2,1-5H3,(H,14,17,21). The number of carbonyl (C=O) groups excluding carboxylic acids is 1. The summed E-state index contributed by atoms with van der Waals surface area (Å²) in [6.45, 7) is 7.88. The highest BCUT2D eigenvalue weighted by Crippen LogP contribution is 2.10. The van der Waals surface area contributed by atoms with Gasteiger partial charge < -0.3 is 0 Å². The van der Waals surface area contributed by atoms with Gasteiger partial charge in [0, 0.05) is 13.0 Å². The second-order valence-corrected chi connectivity index (χ2v) is 5.42. The van der Waals surface area contributed by atoms with E-state index < -0.39 is 0 Å². The van der Waals surface area contributed by atoms with Crippen LogP contribution in [0.3, 0.4) is 0 Å². The predicted molar refractivity (Wildman–Crippen MR) is 75.6 cm³/mol. The first-order valence-electron chi connectivity index (χ1n) is 6.86. The number of rotatable bonds is 5. The Kier molecular flexibility index (Phi) is 4.29. The number of nitrogens with one attached hydrogen (secondary N) is 1. The van der Waals surface area contributed by atoms with E-state index in [4.69, 9.17) is 0 Å². The molecule has 21 heavy (non-hydrogen) atoms. The Morgan fingerprint density at radius 2 is 1.95 bits per heavy atom. The topological polar surface area (TPSA) is 103 Å². The minimum Gasteiger partial charge on any atom is -0.291 e. The summed E-state index contributed by atoms with van der Waals surface area (Å²) < 4.78 is 1.62. The highest BCUT2D eigenvalue weighted by atomic mass is 16.1. The Labute approximate surface area is 122 Å². The van der Waals surface area contributed by atoms with Crippen molar-refractivity contribution < 1.29 is 4.79 Å². The van der Waals surface area contributed by atoms with E-state index in [1.165, 1.54) is 4.80 Å². The normalized spacial score (nSPS) is 11.4. The average molecular weight is 292 g/mol. The molecule has 0 aliphatic rings. The number of nitrogens with zero attached hydrogens (tertiary/aromatic N) is 7. The Hall–Kier alpha value is -2.32. The van der Waals surface area contributed by atoms with E-state index in [1.54, 1.807) is 11.7 Å². The van der Waals surface area contributed by atoms with E-state index in [0.717, 1.165) is 5.82 Å². The number of tetrazole rings is 1. The monoisotopic (exact) mass is 292 g/mol. The number of hydrogen-bond acceptors (Lipinski definition) is 6. The molecule has 0 aliphatic heterocycles. The number of carbonyl (C=O) groups is 1. The van der Waals surface area contributed by atoms with Gasteiger partial charge in [-0.2, -0.15) is 9.90 Å². The van der Waals surface area contributed by atoms with Crippen LogP contribution in [0.4, 0.5) is 5.95 Å². The van der Waals surface area contributed by atoms with Crippen molar-refractivity contribution in [3.8, 4) is 0 Å². The molecule has 114 valence electrons. The smallest absolute Gasteiger partial charge is 0.270 e. The average Bonchev–Trinajstić information content (AvgIpc) is 2.97. The van der Waals surface area contributed by atoms with Gasteiger partial charge in [0.25, 0.3) is 5.95 Å². The summed E-state index contributed by atoms with van der Waals surface area (Å²) in [6, 6.07) is 0.0930. The lowest BCUT2D eigenvalue weighted by Crippen LogP contribution is -2.18. The van der Waals surface area contributed by atoms with E-state index in [2.05, 4.69) is 30.8 Å². The van der Waals surface area contributed by atoms with E-state index in [0.29, 0.717) is 5.82 Å². The molecular formula is C12H20N8O. The summed E-state index contributed by atoms with van der Waals surface area (Å²) in [7, 11) is 1.77. The Bertz CT molecular complexity index is 627. The molecule has 0 radical (unpaired) electrons. The molecule has 2 rings (SSSR count). The molecule has 2 aromatic rings. The van der Waals surface area contributed by atoms with E-state index in [-0.39, 0.29) is 30.2 Å². The van der Waals surface area contributed by atoms with Crippen molar-refractivity contribution in [2.24, 2.45) is 7.05 Å². The molecule has 9 heteroatoms. The maximum absolute atomic E-state index is 12.0. The van der Waals surface area contributed by atoms with Crippen molar-refractivity contribution in [1.82, 2.24) is 35.0 Å². The van der Waals surface area contributed by atoms with E-state index in [9.17, 15) is 4.79 Å². The third-order valence-electron chi connectivity index (χ3n) is 2.85. The summed E-state index contributed by atoms with van der Waals surface area (Å²) in [4.78, 5) is 17.8. The lowest BCUT2D eigenvalue weighted by Gasteiger charge is -2.01. The third-order valence-corrected chi connectivity index (χ3v) is 2.85. The molecule has 0 atom stereocenters. The first-order chi connectivity index (χ1) is 9.86. The quantitative estimate of drug-likeness (QED) is 0.869. The summed E-state index contributed by atoms with van der Waals surface area (Å²) >= 11 is 0. The van der Waals surface area contributed by atoms with E-state index >= 15 is 0 Å². The summed E-state index contributed by atoms with van der Waals surface area (Å²) in [5, 5.41) is 18.6. The van der Waals surface area contributed by atoms with Crippen molar-refractivity contribution in [2.45, 2.75) is 46.1 Å². The van der Waals surface area contributed by atoms with Gasteiger partial charge in [0.15, 0.2) is 5.82 Å². The van der Waals surface area contributed by atoms with Crippen molar-refractivity contribution in [3.05, 3.63) is 11.6 Å². The number of anilines is 1. The first kappa shape index (κ1) is 15.1. The molecule has 0 fully saturated rings. The molecule has 0 aliphatic carbocycles. The molecule has 0 saturated carbocycles. The van der Waals surface area contributed by atoms with Gasteiger partial charge in [0.2, 0.25) is 5.91 Å². The molecule has 9 nitrogen and oxygen atoms in total. The summed E-state index contributed by atoms with van der Waals surface area (Å²) in [5.74, 6) is 1.50. The van der Waals surface area contributed by atoms with Crippen molar-refractivity contribution in [1.29, 1.82) is 0 Å². The van der Waals surface area contributed by atoms with E-state index in [1.807, 2.05) is 27.7 Å². The second kappa shape index (κ2) is 5.98. The Balaban J connectivity index is 2.01. The lowest BCUT2D eigenvalue weighted by molar-refractivity contribution is -0.115. The minimum atomic E-state index is -0.246. The van der Waals surface area contributed by atoms with Crippen LogP contribution in [0, 0.1) is 0 Å². The van der Waals surface area contributed by atoms with Crippen LogP contribution in [0.2, 0.25) is 0 Å². The van der Waals surface area contributed by atoms with Gasteiger partial charge in [-0.25, -0.2) is 4.98 Å². The Morgan fingerprint density at radius 1 is 1.24 bits per heavy atom. The van der Waals surface area contributed by atoms with Crippen LogP contribution in [-0.2, 0) is 18.3 Å². The van der Waals surface area contributed by atoms with Gasteiger partial charge in [-0.3, -0.25) is 14.8 Å². The van der Waals surface area contributed by atoms with Crippen LogP contribution in [0.15, 0.2) is 0 Å². The largest absolute Gasteiger partial charge is 0.291 e. The maximum Gasteiger partial charge on any atom is 0.270 e. The SMILES string of the molecule is CC(C)c1nc(CC(=O)Nc2nnn(C(C)C)n2)n(C)n1. The molecule has 1 amide bonds. The van der Waals surface area contributed by atoms with Gasteiger partial charge in [-0.05, 0) is 19.1 Å². The fourth-order valence-corrected chi connectivity index (χ4v) is 1.64. The van der Waals surface area contributed by atoms with Crippen LogP contribution in [-0.4, -0.2) is 40.9 Å². The second-order valence-electron chi connectivity index (χ2n) is 5.42. The fourth-order valence-electron chi connectivity index (χ4n) is 1.64. The molecule has 0 saturated heterocycles. The Morgan fingerprint density at radius 3 is 2.48 bits per heavy atom. The molecule has 0 unspecified atom stereocenters. The van der Waals surface area contributed by atoms with Crippen LogP contribution in [0.1, 0.15) is 51.3 Å². The van der Waals surface area contributed by atoms with Gasteiger partial charge >= 0.3 is 0 Å². The van der Waals surface area contributed by atoms with Crippen molar-refractivity contribution in [3.63, 3.8) is 0 Å². The lowest BCUT2D eigenvalue weighted by atomic mass is 10.2. The summed E-state index contributed by atoms with van der Waals surface area (Å²) in [5.41, 5.74) is 0. The molecule has 1 N–H and O–H groups in total. The van der Waals surface area contributed by atoms with Gasteiger partial charge in [0.05, 0.1) is 12.5 Å². The van der Waals surface area contributed by atoms with Crippen LogP contribution in [0.25, 0.3) is 0 Å². The first-order valence-corrected chi connectivity index (χ1v) is 6.86. The molecule has 0 bridgehead atoms. The zero-order valence-corrected chi connectivity index (χ0v) is 12.9. The maximum atomic E-state index is 12.0. The van der Waals surface area contributed by atoms with Crippen LogP contribution >= 0.6 is 0 Å². The summed E-state index contributed by atoms with van der Waals surface area (Å²) in [6.07, 6.45) is 0.117. The number of amides is 1. The highest BCUT2D eigenvalue weighted by molar-refractivity contribution is 5.90. The van der Waals surface area contributed by atoms with Crippen molar-refractivity contribution in [2.75, 3.05) is 5.32 Å². The van der Waals surface area contributed by atoms with Crippen LogP contribution in [0.5, 0.6) is 0 Å². The molecule has 2 heterocycles. The molecule has 2 aromatic heterocycles. The number of hydrogen-bond donors (Lipinski definition) is 1. The zero-order chi connectivity index (χ0) is 15.6. The minimum absolute atomic E-state index is 0.0930. The zero-order valence-electron chi connectivity index (χ0n) is 12.9. The van der Waals surface area contributed by atoms with Gasteiger partial charge in [-0.15, -0.1) is 5.10 Å².